The Morgan fingerprint density at radius 3 is 2.33 bits per heavy atom. The van der Waals surface area contributed by atoms with Gasteiger partial charge in [0.2, 0.25) is 5.78 Å². The van der Waals surface area contributed by atoms with Gasteiger partial charge < -0.3 is 0 Å². The van der Waals surface area contributed by atoms with E-state index in [1.54, 1.807) is 0 Å². The van der Waals surface area contributed by atoms with Crippen LogP contribution in [0.5, 0.6) is 0 Å². The monoisotopic (exact) mass is 314 g/mol. The maximum atomic E-state index is 4.88. The Hall–Kier alpha value is -3.14. The lowest BCUT2D eigenvalue weighted by atomic mass is 10.2. The molecule has 0 N–H and O–H groups in total. The molecule has 0 amide bonds. The third kappa shape index (κ3) is 2.07. The second-order valence-corrected chi connectivity index (χ2v) is 5.53. The number of pyridine rings is 1. The Balaban J connectivity index is 2.20. The van der Waals surface area contributed by atoms with Crippen molar-refractivity contribution < 1.29 is 0 Å². The van der Waals surface area contributed by atoms with E-state index in [9.17, 15) is 0 Å². The lowest BCUT2D eigenvalue weighted by Gasteiger charge is -2.03. The fourth-order valence-electron chi connectivity index (χ4n) is 3.09. The summed E-state index contributed by atoms with van der Waals surface area (Å²) in [5, 5.41) is 0. The first kappa shape index (κ1) is 14.5. The van der Waals surface area contributed by atoms with Crippen molar-refractivity contribution in [2.45, 2.75) is 13.8 Å². The number of para-hydroxylation sites is 2. The first-order valence-corrected chi connectivity index (χ1v) is 8.04. The normalized spacial score (nSPS) is 12.2. The van der Waals surface area contributed by atoms with Crippen LogP contribution in [0.2, 0.25) is 0 Å². The number of nitrogens with zero attached hydrogens (tertiary/aromatic N) is 4. The van der Waals surface area contributed by atoms with Gasteiger partial charge >= 0.3 is 0 Å². The van der Waals surface area contributed by atoms with Gasteiger partial charge in [0.1, 0.15) is 5.82 Å². The van der Waals surface area contributed by atoms with Gasteiger partial charge in [0.05, 0.1) is 22.4 Å². The van der Waals surface area contributed by atoms with E-state index < -0.39 is 0 Å². The molecule has 4 aromatic rings. The van der Waals surface area contributed by atoms with Crippen molar-refractivity contribution in [1.29, 1.82) is 0 Å². The molecule has 4 rings (SSSR count). The van der Waals surface area contributed by atoms with E-state index in [-0.39, 0.29) is 0 Å². The SMILES string of the molecule is C/C=C\c1nc2n(-c3ccccn3)c3ccccc3n2c1/C=C\C. The van der Waals surface area contributed by atoms with Crippen molar-refractivity contribution in [3.63, 3.8) is 0 Å². The van der Waals surface area contributed by atoms with Gasteiger partial charge in [-0.15, -0.1) is 0 Å². The average molecular weight is 314 g/mol. The fraction of sp³-hybridized carbons (Fsp3) is 0.100. The third-order valence-corrected chi connectivity index (χ3v) is 4.01. The second-order valence-electron chi connectivity index (χ2n) is 5.53. The summed E-state index contributed by atoms with van der Waals surface area (Å²) < 4.78 is 4.30. The molecular formula is C20H18N4. The number of aromatic nitrogens is 4. The topological polar surface area (TPSA) is 35.1 Å². The van der Waals surface area contributed by atoms with Crippen LogP contribution in [0.3, 0.4) is 0 Å². The lowest BCUT2D eigenvalue weighted by molar-refractivity contribution is 1.03. The van der Waals surface area contributed by atoms with E-state index in [0.717, 1.165) is 34.0 Å². The second kappa shape index (κ2) is 5.81. The van der Waals surface area contributed by atoms with Gasteiger partial charge in [-0.1, -0.05) is 30.4 Å². The standard InChI is InChI=1S/C20H18N4/c1-3-9-15-16(10-4-2)23-17-11-5-6-12-18(17)24(20(23)22-15)19-13-7-8-14-21-19/h3-14H,1-2H3/b9-3-,10-4-. The van der Waals surface area contributed by atoms with E-state index in [1.807, 2.05) is 62.5 Å². The molecule has 0 saturated carbocycles. The Bertz CT molecular complexity index is 1070. The maximum Gasteiger partial charge on any atom is 0.221 e. The predicted molar refractivity (Wildman–Crippen MR) is 99.2 cm³/mol. The summed E-state index contributed by atoms with van der Waals surface area (Å²) in [6.45, 7) is 4.03. The van der Waals surface area contributed by atoms with Crippen LogP contribution >= 0.6 is 0 Å². The molecule has 3 aromatic heterocycles. The number of hydrogen-bond donors (Lipinski definition) is 0. The van der Waals surface area contributed by atoms with Crippen LogP contribution in [0.1, 0.15) is 25.2 Å². The molecule has 4 nitrogen and oxygen atoms in total. The van der Waals surface area contributed by atoms with Crippen LogP contribution in [-0.4, -0.2) is 18.9 Å². The minimum atomic E-state index is 0.868. The molecule has 0 bridgehead atoms. The zero-order valence-electron chi connectivity index (χ0n) is 13.7. The summed E-state index contributed by atoms with van der Waals surface area (Å²) in [5.41, 5.74) is 4.25. The van der Waals surface area contributed by atoms with Crippen LogP contribution in [0.4, 0.5) is 0 Å². The zero-order valence-corrected chi connectivity index (χ0v) is 13.7. The van der Waals surface area contributed by atoms with Crippen LogP contribution in [0, 0.1) is 0 Å². The van der Waals surface area contributed by atoms with Crippen molar-refractivity contribution in [3.05, 3.63) is 72.2 Å². The van der Waals surface area contributed by atoms with Gasteiger partial charge in [0.25, 0.3) is 0 Å². The quantitative estimate of drug-likeness (QED) is 0.547. The van der Waals surface area contributed by atoms with E-state index in [4.69, 9.17) is 4.98 Å². The third-order valence-electron chi connectivity index (χ3n) is 4.01. The molecule has 3 heterocycles. The Labute approximate surface area is 140 Å². The van der Waals surface area contributed by atoms with Gasteiger partial charge in [-0.2, -0.15) is 0 Å². The van der Waals surface area contributed by atoms with Crippen molar-refractivity contribution in [1.82, 2.24) is 18.9 Å². The minimum absolute atomic E-state index is 0.868. The van der Waals surface area contributed by atoms with E-state index in [1.165, 1.54) is 0 Å². The average Bonchev–Trinajstić information content (AvgIpc) is 3.11. The van der Waals surface area contributed by atoms with Crippen LogP contribution in [0.25, 0.3) is 34.8 Å². The summed E-state index contributed by atoms with van der Waals surface area (Å²) in [7, 11) is 0. The molecule has 0 aliphatic carbocycles. The van der Waals surface area contributed by atoms with E-state index >= 15 is 0 Å². The molecule has 0 unspecified atom stereocenters. The molecule has 0 atom stereocenters. The van der Waals surface area contributed by atoms with Crippen molar-refractivity contribution >= 4 is 29.0 Å². The molecule has 0 aliphatic rings. The predicted octanol–water partition coefficient (Wildman–Crippen LogP) is 4.74. The summed E-state index contributed by atoms with van der Waals surface area (Å²) in [4.78, 5) is 9.41. The highest BCUT2D eigenvalue weighted by Crippen LogP contribution is 2.28. The number of allylic oxidation sites excluding steroid dienone is 2. The molecule has 24 heavy (non-hydrogen) atoms. The van der Waals surface area contributed by atoms with Crippen molar-refractivity contribution in [2.24, 2.45) is 0 Å². The van der Waals surface area contributed by atoms with Gasteiger partial charge in [-0.25, -0.2) is 9.97 Å². The van der Waals surface area contributed by atoms with Gasteiger partial charge in [-0.3, -0.25) is 8.97 Å². The highest BCUT2D eigenvalue weighted by Gasteiger charge is 2.18. The summed E-state index contributed by atoms with van der Waals surface area (Å²) in [5.74, 6) is 1.74. The van der Waals surface area contributed by atoms with E-state index in [2.05, 4.69) is 38.2 Å². The molecule has 1 aromatic carbocycles. The number of benzene rings is 1. The number of fused-ring (bicyclic) bond motifs is 3. The molecule has 118 valence electrons. The molecule has 0 spiro atoms. The largest absolute Gasteiger partial charge is 0.276 e. The first-order valence-electron chi connectivity index (χ1n) is 8.04. The highest BCUT2D eigenvalue weighted by atomic mass is 15.2. The van der Waals surface area contributed by atoms with Crippen LogP contribution in [0.15, 0.2) is 60.8 Å². The smallest absolute Gasteiger partial charge is 0.221 e. The maximum absolute atomic E-state index is 4.88. The highest BCUT2D eigenvalue weighted by molar-refractivity contribution is 5.85. The van der Waals surface area contributed by atoms with Gasteiger partial charge in [0.15, 0.2) is 0 Å². The zero-order chi connectivity index (χ0) is 16.5. The molecular weight excluding hydrogens is 296 g/mol. The van der Waals surface area contributed by atoms with E-state index in [0.29, 0.717) is 0 Å². The lowest BCUT2D eigenvalue weighted by Crippen LogP contribution is -1.97. The first-order chi connectivity index (χ1) is 11.8. The molecule has 0 radical (unpaired) electrons. The summed E-state index contributed by atoms with van der Waals surface area (Å²) >= 11 is 0. The molecule has 0 saturated heterocycles. The van der Waals surface area contributed by atoms with Crippen LogP contribution < -0.4 is 0 Å². The summed E-state index contributed by atoms with van der Waals surface area (Å²) in [6.07, 6.45) is 10.0. The van der Waals surface area contributed by atoms with Crippen molar-refractivity contribution in [2.75, 3.05) is 0 Å². The van der Waals surface area contributed by atoms with Crippen LogP contribution in [-0.2, 0) is 0 Å². The number of hydrogen-bond acceptors (Lipinski definition) is 2. The fourth-order valence-corrected chi connectivity index (χ4v) is 3.09. The van der Waals surface area contributed by atoms with Crippen molar-refractivity contribution in [3.8, 4) is 5.82 Å². The summed E-state index contributed by atoms with van der Waals surface area (Å²) in [6, 6.07) is 14.3. The number of imidazole rings is 2. The Kier molecular flexibility index (Phi) is 3.50. The van der Waals surface area contributed by atoms with Gasteiger partial charge in [0, 0.05) is 6.20 Å². The number of rotatable bonds is 3. The Morgan fingerprint density at radius 1 is 0.875 bits per heavy atom. The molecule has 0 aliphatic heterocycles. The molecule has 0 fully saturated rings. The van der Waals surface area contributed by atoms with Gasteiger partial charge in [-0.05, 0) is 50.3 Å². The molecule has 4 heteroatoms. The Morgan fingerprint density at radius 2 is 1.62 bits per heavy atom. The minimum Gasteiger partial charge on any atom is -0.276 e.